The summed E-state index contributed by atoms with van der Waals surface area (Å²) in [5, 5.41) is 0. The third kappa shape index (κ3) is 2.47. The maximum atomic E-state index is 5.44. The summed E-state index contributed by atoms with van der Waals surface area (Å²) in [4.78, 5) is 2.39. The van der Waals surface area contributed by atoms with Crippen LogP contribution < -0.4 is 4.90 Å². The van der Waals surface area contributed by atoms with E-state index in [1.165, 1.54) is 5.69 Å². The molecule has 1 aromatic carbocycles. The van der Waals surface area contributed by atoms with E-state index in [-0.39, 0.29) is 0 Å². The molecule has 2 nitrogen and oxygen atoms in total. The number of ether oxygens (including phenoxy) is 1. The Morgan fingerprint density at radius 3 is 2.60 bits per heavy atom. The van der Waals surface area contributed by atoms with Gasteiger partial charge in [0.05, 0.1) is 6.10 Å². The predicted octanol–water partition coefficient (Wildman–Crippen LogP) is 3.44. The van der Waals surface area contributed by atoms with Gasteiger partial charge in [-0.2, -0.15) is 0 Å². The highest BCUT2D eigenvalue weighted by molar-refractivity contribution is 14.1. The van der Waals surface area contributed by atoms with Crippen LogP contribution in [0.25, 0.3) is 0 Å². The quantitative estimate of drug-likeness (QED) is 0.442. The van der Waals surface area contributed by atoms with Crippen LogP contribution in [0.3, 0.4) is 0 Å². The van der Waals surface area contributed by atoms with Crippen molar-refractivity contribution in [2.75, 3.05) is 18.6 Å². The average molecular weight is 382 g/mol. The third-order valence-corrected chi connectivity index (χ3v) is 4.72. The Hall–Kier alpha value is 0.190. The maximum absolute atomic E-state index is 5.44. The van der Waals surface area contributed by atoms with Gasteiger partial charge in [0, 0.05) is 23.8 Å². The molecule has 1 fully saturated rings. The van der Waals surface area contributed by atoms with Crippen LogP contribution in [0.4, 0.5) is 5.69 Å². The lowest BCUT2D eigenvalue weighted by Crippen LogP contribution is -2.30. The van der Waals surface area contributed by atoms with Crippen LogP contribution in [0.1, 0.15) is 6.42 Å². The first-order valence-corrected chi connectivity index (χ1v) is 6.95. The van der Waals surface area contributed by atoms with Gasteiger partial charge in [0.1, 0.15) is 4.05 Å². The second kappa shape index (κ2) is 5.01. The van der Waals surface area contributed by atoms with Crippen molar-refractivity contribution in [2.45, 2.75) is 16.6 Å². The summed E-state index contributed by atoms with van der Waals surface area (Å²) in [6.45, 7) is 1.08. The summed E-state index contributed by atoms with van der Waals surface area (Å²) < 4.78 is 7.00. The van der Waals surface area contributed by atoms with Crippen LogP contribution in [0, 0.1) is 0 Å². The lowest BCUT2D eigenvalue weighted by Gasteiger charge is -2.24. The summed E-state index contributed by atoms with van der Waals surface area (Å²) in [6, 6.07) is 8.46. The monoisotopic (exact) mass is 381 g/mol. The largest absolute Gasteiger partial charge is 0.378 e. The van der Waals surface area contributed by atoms with Gasteiger partial charge in [-0.3, -0.25) is 0 Å². The molecule has 0 saturated carbocycles. The molecule has 2 rings (SSSR count). The molecule has 0 N–H and O–H groups in total. The van der Waals surface area contributed by atoms with E-state index in [2.05, 4.69) is 67.7 Å². The first-order chi connectivity index (χ1) is 7.22. The maximum Gasteiger partial charge on any atom is 0.107 e. The van der Waals surface area contributed by atoms with Gasteiger partial charge in [-0.1, -0.05) is 38.5 Å². The highest BCUT2D eigenvalue weighted by Gasteiger charge is 2.31. The minimum atomic E-state index is 0.356. The number of hydrogen-bond donors (Lipinski definition) is 0. The van der Waals surface area contributed by atoms with E-state index in [0.29, 0.717) is 10.2 Å². The molecule has 4 heteroatoms. The minimum Gasteiger partial charge on any atom is -0.378 e. The zero-order chi connectivity index (χ0) is 10.8. The number of anilines is 1. The number of methoxy groups -OCH3 is 1. The van der Waals surface area contributed by atoms with E-state index < -0.39 is 0 Å². The molecule has 0 aromatic heterocycles. The molecule has 1 aliphatic rings. The highest BCUT2D eigenvalue weighted by Crippen LogP contribution is 2.31. The Kier molecular flexibility index (Phi) is 3.90. The molecule has 0 amide bonds. The van der Waals surface area contributed by atoms with Gasteiger partial charge < -0.3 is 9.64 Å². The molecule has 1 heterocycles. The van der Waals surface area contributed by atoms with E-state index in [1.807, 2.05) is 0 Å². The zero-order valence-electron chi connectivity index (χ0n) is 8.49. The Labute approximate surface area is 112 Å². The Morgan fingerprint density at radius 1 is 1.40 bits per heavy atom. The standard InChI is InChI=1S/C11H13BrINO/c1-15-10-6-7-14(11(10)13)9-4-2-8(12)3-5-9/h2-5,10-11H,6-7H2,1H3. The molecule has 2 atom stereocenters. The summed E-state index contributed by atoms with van der Waals surface area (Å²) >= 11 is 5.91. The van der Waals surface area contributed by atoms with Crippen LogP contribution in [-0.4, -0.2) is 23.8 Å². The molecule has 1 saturated heterocycles. The van der Waals surface area contributed by atoms with Gasteiger partial charge in [-0.05, 0) is 30.7 Å². The van der Waals surface area contributed by atoms with Gasteiger partial charge in [-0.25, -0.2) is 0 Å². The first-order valence-electron chi connectivity index (χ1n) is 4.91. The fraction of sp³-hybridized carbons (Fsp3) is 0.455. The van der Waals surface area contributed by atoms with Gasteiger partial charge >= 0.3 is 0 Å². The van der Waals surface area contributed by atoms with Crippen molar-refractivity contribution >= 4 is 44.2 Å². The number of nitrogens with zero attached hydrogens (tertiary/aromatic N) is 1. The second-order valence-electron chi connectivity index (χ2n) is 3.61. The predicted molar refractivity (Wildman–Crippen MR) is 74.7 cm³/mol. The average Bonchev–Trinajstić information content (AvgIpc) is 2.61. The van der Waals surface area contributed by atoms with E-state index >= 15 is 0 Å². The fourth-order valence-corrected chi connectivity index (χ4v) is 3.38. The highest BCUT2D eigenvalue weighted by atomic mass is 127. The summed E-state index contributed by atoms with van der Waals surface area (Å²) in [6.07, 6.45) is 1.47. The molecule has 0 bridgehead atoms. The fourth-order valence-electron chi connectivity index (χ4n) is 1.86. The van der Waals surface area contributed by atoms with Gasteiger partial charge in [-0.15, -0.1) is 0 Å². The number of benzene rings is 1. The molecule has 15 heavy (non-hydrogen) atoms. The molecule has 1 aromatic rings. The number of hydrogen-bond acceptors (Lipinski definition) is 2. The SMILES string of the molecule is COC1CCN(c2ccc(Br)cc2)C1I. The number of rotatable bonds is 2. The van der Waals surface area contributed by atoms with E-state index in [0.717, 1.165) is 17.4 Å². The minimum absolute atomic E-state index is 0.356. The number of halogens is 2. The van der Waals surface area contributed by atoms with Crippen molar-refractivity contribution in [2.24, 2.45) is 0 Å². The molecular weight excluding hydrogens is 369 g/mol. The smallest absolute Gasteiger partial charge is 0.107 e. The lowest BCUT2D eigenvalue weighted by molar-refractivity contribution is 0.117. The van der Waals surface area contributed by atoms with Gasteiger partial charge in [0.2, 0.25) is 0 Å². The van der Waals surface area contributed by atoms with Crippen LogP contribution in [-0.2, 0) is 4.74 Å². The van der Waals surface area contributed by atoms with E-state index in [4.69, 9.17) is 4.74 Å². The normalized spacial score (nSPS) is 25.9. The Balaban J connectivity index is 2.15. The van der Waals surface area contributed by atoms with Gasteiger partial charge in [0.25, 0.3) is 0 Å². The van der Waals surface area contributed by atoms with Crippen molar-refractivity contribution in [1.82, 2.24) is 0 Å². The van der Waals surface area contributed by atoms with Crippen molar-refractivity contribution in [3.63, 3.8) is 0 Å². The lowest BCUT2D eigenvalue weighted by atomic mass is 10.3. The molecule has 0 aliphatic carbocycles. The van der Waals surface area contributed by atoms with E-state index in [1.54, 1.807) is 7.11 Å². The Bertz CT molecular complexity index is 330. The van der Waals surface area contributed by atoms with Crippen LogP contribution >= 0.6 is 38.5 Å². The zero-order valence-corrected chi connectivity index (χ0v) is 12.2. The summed E-state index contributed by atoms with van der Waals surface area (Å²) in [5.41, 5.74) is 1.28. The van der Waals surface area contributed by atoms with Crippen molar-refractivity contribution in [3.05, 3.63) is 28.7 Å². The van der Waals surface area contributed by atoms with E-state index in [9.17, 15) is 0 Å². The Morgan fingerprint density at radius 2 is 2.07 bits per heavy atom. The first kappa shape index (κ1) is 11.7. The molecule has 1 aliphatic heterocycles. The van der Waals surface area contributed by atoms with Crippen LogP contribution in [0.2, 0.25) is 0 Å². The van der Waals surface area contributed by atoms with Crippen molar-refractivity contribution in [1.29, 1.82) is 0 Å². The topological polar surface area (TPSA) is 12.5 Å². The van der Waals surface area contributed by atoms with Crippen molar-refractivity contribution in [3.8, 4) is 0 Å². The third-order valence-electron chi connectivity index (χ3n) is 2.72. The van der Waals surface area contributed by atoms with Crippen LogP contribution in [0.15, 0.2) is 28.7 Å². The number of alkyl halides is 1. The molecule has 0 spiro atoms. The van der Waals surface area contributed by atoms with Gasteiger partial charge in [0.15, 0.2) is 0 Å². The molecule has 2 unspecified atom stereocenters. The van der Waals surface area contributed by atoms with Crippen molar-refractivity contribution < 1.29 is 4.74 Å². The molecule has 0 radical (unpaired) electrons. The molecule has 82 valence electrons. The second-order valence-corrected chi connectivity index (χ2v) is 5.80. The summed E-state index contributed by atoms with van der Waals surface area (Å²) in [7, 11) is 1.79. The summed E-state index contributed by atoms with van der Waals surface area (Å²) in [5.74, 6) is 0. The molecular formula is C11H13BrINO. The van der Waals surface area contributed by atoms with Crippen LogP contribution in [0.5, 0.6) is 0 Å².